The number of benzene rings is 2. The van der Waals surface area contributed by atoms with E-state index in [-0.39, 0.29) is 0 Å². The highest BCUT2D eigenvalue weighted by Crippen LogP contribution is 2.42. The maximum absolute atomic E-state index is 14.0. The number of fused-ring (bicyclic) bond motifs is 1. The standard InChI is InChI=1S/C22H24F3NO/c1-20(2,18-11-4-3-5-12-18)15-21(27,22(23,24)25)16-26-14-8-10-17-9-6-7-13-19(17)26/h3-13,27H,14-16H2,1-2H3. The van der Waals surface area contributed by atoms with Crippen LogP contribution in [0.1, 0.15) is 31.4 Å². The van der Waals surface area contributed by atoms with E-state index in [0.29, 0.717) is 12.2 Å². The first kappa shape index (κ1) is 19.5. The Labute approximate surface area is 157 Å². The van der Waals surface area contributed by atoms with Gasteiger partial charge in [0.25, 0.3) is 0 Å². The van der Waals surface area contributed by atoms with Gasteiger partial charge in [0.2, 0.25) is 0 Å². The lowest BCUT2D eigenvalue weighted by molar-refractivity contribution is -0.262. The number of hydrogen-bond acceptors (Lipinski definition) is 2. The number of para-hydroxylation sites is 1. The fraction of sp³-hybridized carbons (Fsp3) is 0.364. The molecule has 0 saturated carbocycles. The van der Waals surface area contributed by atoms with E-state index in [4.69, 9.17) is 0 Å². The molecule has 1 aliphatic heterocycles. The predicted molar refractivity (Wildman–Crippen MR) is 103 cm³/mol. The number of β-amino-alcohol motifs (C(OH)–C–C–N with tert-alkyl or cyclic N) is 1. The van der Waals surface area contributed by atoms with Crippen molar-refractivity contribution in [2.24, 2.45) is 0 Å². The molecular formula is C22H24F3NO. The van der Waals surface area contributed by atoms with Gasteiger partial charge < -0.3 is 10.0 Å². The van der Waals surface area contributed by atoms with Crippen LogP contribution in [0.3, 0.4) is 0 Å². The second-order valence-corrected chi connectivity index (χ2v) is 7.80. The molecule has 0 radical (unpaired) electrons. The molecule has 3 rings (SSSR count). The molecule has 1 atom stereocenters. The Morgan fingerprint density at radius 2 is 1.59 bits per heavy atom. The molecule has 1 heterocycles. The van der Waals surface area contributed by atoms with Crippen LogP contribution in [0.4, 0.5) is 18.9 Å². The van der Waals surface area contributed by atoms with E-state index in [9.17, 15) is 18.3 Å². The molecule has 1 unspecified atom stereocenters. The third-order valence-corrected chi connectivity index (χ3v) is 5.17. The summed E-state index contributed by atoms with van der Waals surface area (Å²) in [6, 6.07) is 16.3. The Balaban J connectivity index is 1.91. The van der Waals surface area contributed by atoms with Crippen LogP contribution in [0.2, 0.25) is 0 Å². The van der Waals surface area contributed by atoms with Crippen molar-refractivity contribution in [3.05, 3.63) is 71.8 Å². The number of nitrogens with zero attached hydrogens (tertiary/aromatic N) is 1. The SMILES string of the molecule is CC(C)(CC(O)(CN1CC=Cc2ccccc21)C(F)(F)F)c1ccccc1. The maximum Gasteiger partial charge on any atom is 0.418 e. The largest absolute Gasteiger partial charge is 0.418 e. The molecular weight excluding hydrogens is 351 g/mol. The lowest BCUT2D eigenvalue weighted by atomic mass is 9.74. The highest BCUT2D eigenvalue weighted by atomic mass is 19.4. The minimum absolute atomic E-state index is 0.334. The molecule has 0 aromatic heterocycles. The first-order valence-corrected chi connectivity index (χ1v) is 8.98. The average molecular weight is 375 g/mol. The highest BCUT2D eigenvalue weighted by molar-refractivity contribution is 5.71. The van der Waals surface area contributed by atoms with Crippen LogP contribution >= 0.6 is 0 Å². The van der Waals surface area contributed by atoms with E-state index >= 15 is 0 Å². The zero-order valence-electron chi connectivity index (χ0n) is 15.5. The van der Waals surface area contributed by atoms with Crippen molar-refractivity contribution in [2.45, 2.75) is 37.5 Å². The van der Waals surface area contributed by atoms with Gasteiger partial charge in [-0.2, -0.15) is 13.2 Å². The number of alkyl halides is 3. The summed E-state index contributed by atoms with van der Waals surface area (Å²) >= 11 is 0. The van der Waals surface area contributed by atoms with Gasteiger partial charge in [-0.1, -0.05) is 74.5 Å². The van der Waals surface area contributed by atoms with Crippen LogP contribution < -0.4 is 4.90 Å². The second kappa shape index (κ2) is 7.04. The summed E-state index contributed by atoms with van der Waals surface area (Å²) in [7, 11) is 0. The molecule has 0 fully saturated rings. The fourth-order valence-electron chi connectivity index (χ4n) is 3.76. The van der Waals surface area contributed by atoms with E-state index in [1.807, 2.05) is 30.4 Å². The van der Waals surface area contributed by atoms with Crippen molar-refractivity contribution in [1.82, 2.24) is 0 Å². The van der Waals surface area contributed by atoms with Crippen LogP contribution in [-0.2, 0) is 5.41 Å². The predicted octanol–water partition coefficient (Wildman–Crippen LogP) is 5.18. The van der Waals surface area contributed by atoms with Crippen molar-refractivity contribution in [3.63, 3.8) is 0 Å². The summed E-state index contributed by atoms with van der Waals surface area (Å²) < 4.78 is 42.0. The second-order valence-electron chi connectivity index (χ2n) is 7.80. The van der Waals surface area contributed by atoms with Gasteiger partial charge in [0.15, 0.2) is 5.60 Å². The molecule has 1 aliphatic rings. The van der Waals surface area contributed by atoms with E-state index < -0.39 is 30.2 Å². The maximum atomic E-state index is 14.0. The van der Waals surface area contributed by atoms with Crippen molar-refractivity contribution in [3.8, 4) is 0 Å². The van der Waals surface area contributed by atoms with Crippen LogP contribution in [0.15, 0.2) is 60.7 Å². The third-order valence-electron chi connectivity index (χ3n) is 5.17. The van der Waals surface area contributed by atoms with E-state index in [1.165, 1.54) is 0 Å². The van der Waals surface area contributed by atoms with Crippen molar-refractivity contribution in [1.29, 1.82) is 0 Å². The van der Waals surface area contributed by atoms with Gasteiger partial charge in [-0.3, -0.25) is 0 Å². The first-order chi connectivity index (χ1) is 12.6. The summed E-state index contributed by atoms with van der Waals surface area (Å²) in [6.07, 6.45) is -1.45. The van der Waals surface area contributed by atoms with Gasteiger partial charge in [-0.15, -0.1) is 0 Å². The van der Waals surface area contributed by atoms with Gasteiger partial charge >= 0.3 is 6.18 Å². The number of rotatable bonds is 5. The van der Waals surface area contributed by atoms with Crippen molar-refractivity contribution in [2.75, 3.05) is 18.0 Å². The molecule has 0 aliphatic carbocycles. The van der Waals surface area contributed by atoms with Gasteiger partial charge in [-0.25, -0.2) is 0 Å². The van der Waals surface area contributed by atoms with Crippen LogP contribution in [0.25, 0.3) is 6.08 Å². The number of hydrogen-bond donors (Lipinski definition) is 1. The van der Waals surface area contributed by atoms with Gasteiger partial charge in [0.1, 0.15) is 0 Å². The summed E-state index contributed by atoms with van der Waals surface area (Å²) in [5.41, 5.74) is -1.33. The molecule has 2 aromatic carbocycles. The molecule has 144 valence electrons. The summed E-state index contributed by atoms with van der Waals surface area (Å²) in [6.45, 7) is 3.31. The van der Waals surface area contributed by atoms with Gasteiger partial charge in [0, 0.05) is 12.2 Å². The van der Waals surface area contributed by atoms with Crippen molar-refractivity contribution >= 4 is 11.8 Å². The Morgan fingerprint density at radius 3 is 2.26 bits per heavy atom. The Bertz CT molecular complexity index is 814. The molecule has 0 amide bonds. The molecule has 2 nitrogen and oxygen atoms in total. The Morgan fingerprint density at radius 1 is 0.963 bits per heavy atom. The monoisotopic (exact) mass is 375 g/mol. The number of halogens is 3. The lowest BCUT2D eigenvalue weighted by Crippen LogP contribution is -2.56. The van der Waals surface area contributed by atoms with Gasteiger partial charge in [-0.05, 0) is 29.0 Å². The zero-order valence-corrected chi connectivity index (χ0v) is 15.5. The van der Waals surface area contributed by atoms with E-state index in [2.05, 4.69) is 0 Å². The lowest BCUT2D eigenvalue weighted by Gasteiger charge is -2.42. The van der Waals surface area contributed by atoms with Crippen molar-refractivity contribution < 1.29 is 18.3 Å². The number of anilines is 1. The molecule has 0 saturated heterocycles. The van der Waals surface area contributed by atoms with Gasteiger partial charge in [0.05, 0.1) is 6.54 Å². The first-order valence-electron chi connectivity index (χ1n) is 8.98. The topological polar surface area (TPSA) is 23.5 Å². The third kappa shape index (κ3) is 4.03. The smallest absolute Gasteiger partial charge is 0.379 e. The minimum atomic E-state index is -4.74. The Hall–Kier alpha value is -2.27. The Kier molecular flexibility index (Phi) is 5.08. The summed E-state index contributed by atoms with van der Waals surface area (Å²) in [5, 5.41) is 10.8. The molecule has 5 heteroatoms. The summed E-state index contributed by atoms with van der Waals surface area (Å²) in [5.74, 6) is 0. The van der Waals surface area contributed by atoms with E-state index in [0.717, 1.165) is 11.1 Å². The average Bonchev–Trinajstić information content (AvgIpc) is 2.61. The van der Waals surface area contributed by atoms with E-state index in [1.54, 1.807) is 55.1 Å². The molecule has 0 bridgehead atoms. The highest BCUT2D eigenvalue weighted by Gasteiger charge is 2.56. The summed E-state index contributed by atoms with van der Waals surface area (Å²) in [4.78, 5) is 1.60. The van der Waals surface area contributed by atoms with Crippen LogP contribution in [0.5, 0.6) is 0 Å². The minimum Gasteiger partial charge on any atom is -0.379 e. The molecule has 2 aromatic rings. The number of aliphatic hydroxyl groups is 1. The fourth-order valence-corrected chi connectivity index (χ4v) is 3.76. The van der Waals surface area contributed by atoms with Crippen LogP contribution in [-0.4, -0.2) is 30.0 Å². The quantitative estimate of drug-likeness (QED) is 0.778. The normalized spacial score (nSPS) is 16.7. The molecule has 27 heavy (non-hydrogen) atoms. The molecule has 0 spiro atoms. The molecule has 1 N–H and O–H groups in total. The van der Waals surface area contributed by atoms with Crippen LogP contribution in [0, 0.1) is 0 Å². The zero-order chi connectivity index (χ0) is 19.7.